The van der Waals surface area contributed by atoms with E-state index in [9.17, 15) is 18.0 Å². The maximum absolute atomic E-state index is 13.4. The number of rotatable bonds is 4. The van der Waals surface area contributed by atoms with Crippen molar-refractivity contribution in [3.8, 4) is 0 Å². The van der Waals surface area contributed by atoms with Crippen molar-refractivity contribution in [3.05, 3.63) is 71.0 Å². The molecule has 2 aromatic carbocycles. The van der Waals surface area contributed by atoms with Gasteiger partial charge in [0.1, 0.15) is 5.82 Å². The number of benzene rings is 2. The van der Waals surface area contributed by atoms with Gasteiger partial charge in [-0.3, -0.25) is 0 Å². The van der Waals surface area contributed by atoms with Crippen LogP contribution in [-0.2, 0) is 6.54 Å². The lowest BCUT2D eigenvalue weighted by Gasteiger charge is -2.15. The van der Waals surface area contributed by atoms with Crippen LogP contribution < -0.4 is 10.6 Å². The molecule has 116 valence electrons. The van der Waals surface area contributed by atoms with Gasteiger partial charge in [-0.25, -0.2) is 18.0 Å². The van der Waals surface area contributed by atoms with Crippen molar-refractivity contribution in [2.45, 2.75) is 19.5 Å². The molecule has 2 rings (SSSR count). The molecule has 3 nitrogen and oxygen atoms in total. The fourth-order valence-corrected chi connectivity index (χ4v) is 1.93. The van der Waals surface area contributed by atoms with E-state index in [4.69, 9.17) is 0 Å². The topological polar surface area (TPSA) is 41.1 Å². The van der Waals surface area contributed by atoms with Crippen LogP contribution in [0, 0.1) is 17.5 Å². The minimum atomic E-state index is -0.974. The van der Waals surface area contributed by atoms with Crippen molar-refractivity contribution in [3.63, 3.8) is 0 Å². The minimum Gasteiger partial charge on any atom is -0.334 e. The Hall–Kier alpha value is -2.50. The van der Waals surface area contributed by atoms with Crippen molar-refractivity contribution < 1.29 is 18.0 Å². The molecule has 0 bridgehead atoms. The third-order valence-corrected chi connectivity index (χ3v) is 3.19. The SMILES string of the molecule is CC(NC(=O)NCc1ccccc1F)c1ccc(F)c(F)c1. The van der Waals surface area contributed by atoms with Gasteiger partial charge in [-0.15, -0.1) is 0 Å². The molecule has 6 heteroatoms. The molecule has 1 unspecified atom stereocenters. The third-order valence-electron chi connectivity index (χ3n) is 3.19. The number of amides is 2. The molecule has 2 amide bonds. The first-order valence-corrected chi connectivity index (χ1v) is 6.70. The van der Waals surface area contributed by atoms with E-state index in [2.05, 4.69) is 10.6 Å². The highest BCUT2D eigenvalue weighted by atomic mass is 19.2. The molecule has 2 N–H and O–H groups in total. The van der Waals surface area contributed by atoms with Crippen LogP contribution in [0.3, 0.4) is 0 Å². The summed E-state index contributed by atoms with van der Waals surface area (Å²) in [4.78, 5) is 11.8. The minimum absolute atomic E-state index is 0.0308. The van der Waals surface area contributed by atoms with E-state index in [1.165, 1.54) is 12.1 Å². The fraction of sp³-hybridized carbons (Fsp3) is 0.188. The second-order valence-corrected chi connectivity index (χ2v) is 4.81. The summed E-state index contributed by atoms with van der Waals surface area (Å²) in [6, 6.07) is 8.47. The number of carbonyl (C=O) groups excluding carboxylic acids is 1. The molecule has 0 spiro atoms. The number of halogens is 3. The van der Waals surface area contributed by atoms with E-state index in [1.807, 2.05) is 0 Å². The summed E-state index contributed by atoms with van der Waals surface area (Å²) in [6.07, 6.45) is 0. The Morgan fingerprint density at radius 1 is 1.05 bits per heavy atom. The van der Waals surface area contributed by atoms with E-state index in [1.54, 1.807) is 25.1 Å². The summed E-state index contributed by atoms with van der Waals surface area (Å²) < 4.78 is 39.4. The Labute approximate surface area is 126 Å². The molecule has 0 radical (unpaired) electrons. The Morgan fingerprint density at radius 3 is 2.45 bits per heavy atom. The van der Waals surface area contributed by atoms with Gasteiger partial charge < -0.3 is 10.6 Å². The zero-order valence-corrected chi connectivity index (χ0v) is 11.9. The lowest BCUT2D eigenvalue weighted by Crippen LogP contribution is -2.36. The van der Waals surface area contributed by atoms with Gasteiger partial charge in [0.05, 0.1) is 6.04 Å². The standard InChI is InChI=1S/C16H15F3N2O/c1-10(11-6-7-14(18)15(19)8-11)21-16(22)20-9-12-4-2-3-5-13(12)17/h2-8,10H,9H2,1H3,(H2,20,21,22). The molecule has 0 fully saturated rings. The fourth-order valence-electron chi connectivity index (χ4n) is 1.93. The number of carbonyl (C=O) groups is 1. The Morgan fingerprint density at radius 2 is 1.77 bits per heavy atom. The second kappa shape index (κ2) is 6.98. The summed E-state index contributed by atoms with van der Waals surface area (Å²) in [7, 11) is 0. The maximum Gasteiger partial charge on any atom is 0.315 e. The smallest absolute Gasteiger partial charge is 0.315 e. The van der Waals surface area contributed by atoms with Crippen LogP contribution in [0.4, 0.5) is 18.0 Å². The van der Waals surface area contributed by atoms with Crippen LogP contribution in [-0.4, -0.2) is 6.03 Å². The summed E-state index contributed by atoms with van der Waals surface area (Å²) >= 11 is 0. The highest BCUT2D eigenvalue weighted by Crippen LogP contribution is 2.15. The summed E-state index contributed by atoms with van der Waals surface area (Å²) in [6.45, 7) is 1.67. The maximum atomic E-state index is 13.4. The van der Waals surface area contributed by atoms with Crippen molar-refractivity contribution in [2.75, 3.05) is 0 Å². The van der Waals surface area contributed by atoms with Crippen molar-refractivity contribution in [1.29, 1.82) is 0 Å². The van der Waals surface area contributed by atoms with Crippen LogP contribution in [0.15, 0.2) is 42.5 Å². The van der Waals surface area contributed by atoms with Gasteiger partial charge in [0.2, 0.25) is 0 Å². The summed E-state index contributed by atoms with van der Waals surface area (Å²) in [5.41, 5.74) is 0.790. The predicted molar refractivity (Wildman–Crippen MR) is 76.5 cm³/mol. The molecule has 2 aromatic rings. The van der Waals surface area contributed by atoms with Gasteiger partial charge in [-0.1, -0.05) is 24.3 Å². The number of hydrogen-bond donors (Lipinski definition) is 2. The van der Waals surface area contributed by atoms with E-state index < -0.39 is 29.5 Å². The van der Waals surface area contributed by atoms with Gasteiger partial charge in [-0.2, -0.15) is 0 Å². The monoisotopic (exact) mass is 308 g/mol. The van der Waals surface area contributed by atoms with Gasteiger partial charge in [0.25, 0.3) is 0 Å². The van der Waals surface area contributed by atoms with Crippen LogP contribution in [0.2, 0.25) is 0 Å². The number of nitrogens with one attached hydrogen (secondary N) is 2. The van der Waals surface area contributed by atoms with E-state index in [-0.39, 0.29) is 6.54 Å². The molecule has 0 saturated carbocycles. The largest absolute Gasteiger partial charge is 0.334 e. The molecule has 1 atom stereocenters. The lowest BCUT2D eigenvalue weighted by molar-refractivity contribution is 0.237. The predicted octanol–water partition coefficient (Wildman–Crippen LogP) is 3.66. The van der Waals surface area contributed by atoms with Crippen molar-refractivity contribution in [2.24, 2.45) is 0 Å². The molecular weight excluding hydrogens is 293 g/mol. The van der Waals surface area contributed by atoms with Crippen LogP contribution in [0.5, 0.6) is 0 Å². The molecule has 0 aromatic heterocycles. The Balaban J connectivity index is 1.91. The molecule has 22 heavy (non-hydrogen) atoms. The van der Waals surface area contributed by atoms with E-state index in [0.717, 1.165) is 12.1 Å². The average Bonchev–Trinajstić information content (AvgIpc) is 2.49. The van der Waals surface area contributed by atoms with Gasteiger partial charge in [0, 0.05) is 12.1 Å². The first kappa shape index (κ1) is 15.9. The Kier molecular flexibility index (Phi) is 5.04. The second-order valence-electron chi connectivity index (χ2n) is 4.81. The van der Waals surface area contributed by atoms with Gasteiger partial charge in [0.15, 0.2) is 11.6 Å². The van der Waals surface area contributed by atoms with Gasteiger partial charge >= 0.3 is 6.03 Å². The zero-order chi connectivity index (χ0) is 16.1. The lowest BCUT2D eigenvalue weighted by atomic mass is 10.1. The quantitative estimate of drug-likeness (QED) is 0.889. The third kappa shape index (κ3) is 4.00. The Bertz CT molecular complexity index is 676. The first-order chi connectivity index (χ1) is 10.5. The van der Waals surface area contributed by atoms with Crippen LogP contribution >= 0.6 is 0 Å². The van der Waals surface area contributed by atoms with Crippen molar-refractivity contribution in [1.82, 2.24) is 10.6 Å². The van der Waals surface area contributed by atoms with Crippen molar-refractivity contribution >= 4 is 6.03 Å². The summed E-state index contributed by atoms with van der Waals surface area (Å²) in [5.74, 6) is -2.32. The van der Waals surface area contributed by atoms with Gasteiger partial charge in [-0.05, 0) is 30.7 Å². The molecule has 0 heterocycles. The first-order valence-electron chi connectivity index (χ1n) is 6.70. The summed E-state index contributed by atoms with van der Waals surface area (Å²) in [5, 5.41) is 5.08. The van der Waals surface area contributed by atoms with E-state index in [0.29, 0.717) is 11.1 Å². The molecule has 0 aliphatic rings. The molecule has 0 aliphatic heterocycles. The average molecular weight is 308 g/mol. The highest BCUT2D eigenvalue weighted by molar-refractivity contribution is 5.74. The highest BCUT2D eigenvalue weighted by Gasteiger charge is 2.12. The number of urea groups is 1. The molecular formula is C16H15F3N2O. The van der Waals surface area contributed by atoms with E-state index >= 15 is 0 Å². The molecule has 0 aliphatic carbocycles. The molecule has 0 saturated heterocycles. The normalized spacial score (nSPS) is 11.8. The number of hydrogen-bond acceptors (Lipinski definition) is 1. The van der Waals surface area contributed by atoms with Crippen LogP contribution in [0.1, 0.15) is 24.1 Å². The van der Waals surface area contributed by atoms with Crippen LogP contribution in [0.25, 0.3) is 0 Å². The zero-order valence-electron chi connectivity index (χ0n) is 11.9.